The summed E-state index contributed by atoms with van der Waals surface area (Å²) in [5.41, 5.74) is 1.12. The topological polar surface area (TPSA) is 56.2 Å². The highest BCUT2D eigenvalue weighted by atomic mass is 35.5. The number of benzene rings is 1. The van der Waals surface area contributed by atoms with Crippen molar-refractivity contribution in [3.05, 3.63) is 23.8 Å². The SMILES string of the molecule is CNC(=O)Cn1c(CCCl)nc2cc(F)c(OC)cc21. The van der Waals surface area contributed by atoms with Crippen LogP contribution >= 0.6 is 11.6 Å². The first-order valence-corrected chi connectivity index (χ1v) is 6.63. The molecule has 0 fully saturated rings. The Balaban J connectivity index is 2.59. The lowest BCUT2D eigenvalue weighted by molar-refractivity contribution is -0.121. The monoisotopic (exact) mass is 299 g/mol. The molecule has 0 bridgehead atoms. The molecule has 20 heavy (non-hydrogen) atoms. The summed E-state index contributed by atoms with van der Waals surface area (Å²) in [6, 6.07) is 2.84. The molecule has 0 aliphatic rings. The molecule has 2 aromatic rings. The van der Waals surface area contributed by atoms with Crippen LogP contribution in [0.5, 0.6) is 5.75 Å². The number of hydrogen-bond acceptors (Lipinski definition) is 3. The van der Waals surface area contributed by atoms with E-state index in [0.29, 0.717) is 29.2 Å². The van der Waals surface area contributed by atoms with Crippen molar-refractivity contribution in [2.75, 3.05) is 20.0 Å². The van der Waals surface area contributed by atoms with Gasteiger partial charge in [-0.1, -0.05) is 0 Å². The molecule has 2 rings (SSSR count). The number of alkyl halides is 1. The zero-order valence-electron chi connectivity index (χ0n) is 11.2. The van der Waals surface area contributed by atoms with Crippen molar-refractivity contribution in [1.29, 1.82) is 0 Å². The maximum absolute atomic E-state index is 13.7. The second-order valence-corrected chi connectivity index (χ2v) is 4.58. The van der Waals surface area contributed by atoms with E-state index in [4.69, 9.17) is 16.3 Å². The van der Waals surface area contributed by atoms with Crippen LogP contribution < -0.4 is 10.1 Å². The number of imidazole rings is 1. The Kier molecular flexibility index (Phi) is 4.44. The summed E-state index contributed by atoms with van der Waals surface area (Å²) in [5, 5.41) is 2.55. The van der Waals surface area contributed by atoms with E-state index in [1.54, 1.807) is 17.7 Å². The van der Waals surface area contributed by atoms with Gasteiger partial charge in [0.25, 0.3) is 0 Å². The fourth-order valence-electron chi connectivity index (χ4n) is 2.01. The van der Waals surface area contributed by atoms with Gasteiger partial charge in [0.1, 0.15) is 12.4 Å². The number of likely N-dealkylation sites (N-methyl/N-ethyl adjacent to an activating group) is 1. The molecule has 0 saturated heterocycles. The summed E-state index contributed by atoms with van der Waals surface area (Å²) in [6.07, 6.45) is 0.497. The number of fused-ring (bicyclic) bond motifs is 1. The first kappa shape index (κ1) is 14.6. The van der Waals surface area contributed by atoms with Gasteiger partial charge in [0.05, 0.1) is 18.1 Å². The van der Waals surface area contributed by atoms with E-state index >= 15 is 0 Å². The summed E-state index contributed by atoms with van der Waals surface area (Å²) < 4.78 is 20.4. The van der Waals surface area contributed by atoms with Crippen LogP contribution in [-0.2, 0) is 17.8 Å². The van der Waals surface area contributed by atoms with Gasteiger partial charge in [0, 0.05) is 31.5 Å². The Morgan fingerprint density at radius 1 is 1.55 bits per heavy atom. The van der Waals surface area contributed by atoms with Gasteiger partial charge in [-0.15, -0.1) is 11.6 Å². The number of methoxy groups -OCH3 is 1. The molecule has 0 aliphatic carbocycles. The lowest BCUT2D eigenvalue weighted by Gasteiger charge is -2.08. The number of hydrogen-bond donors (Lipinski definition) is 1. The molecule has 108 valence electrons. The van der Waals surface area contributed by atoms with Gasteiger partial charge in [-0.05, 0) is 0 Å². The Bertz CT molecular complexity index is 642. The van der Waals surface area contributed by atoms with Gasteiger partial charge < -0.3 is 14.6 Å². The molecule has 7 heteroatoms. The average molecular weight is 300 g/mol. The van der Waals surface area contributed by atoms with E-state index in [1.807, 2.05) is 0 Å². The zero-order valence-corrected chi connectivity index (χ0v) is 12.0. The molecule has 0 aliphatic heterocycles. The second-order valence-electron chi connectivity index (χ2n) is 4.20. The third-order valence-corrected chi connectivity index (χ3v) is 3.19. The molecule has 1 amide bonds. The minimum atomic E-state index is -0.484. The molecule has 1 aromatic carbocycles. The van der Waals surface area contributed by atoms with Gasteiger partial charge in [-0.25, -0.2) is 9.37 Å². The first-order chi connectivity index (χ1) is 9.60. The van der Waals surface area contributed by atoms with Crippen LogP contribution in [0.1, 0.15) is 5.82 Å². The maximum atomic E-state index is 13.7. The van der Waals surface area contributed by atoms with Crippen LogP contribution in [0.25, 0.3) is 11.0 Å². The van der Waals surface area contributed by atoms with Crippen molar-refractivity contribution in [2.45, 2.75) is 13.0 Å². The number of nitrogens with one attached hydrogen (secondary N) is 1. The molecule has 0 unspecified atom stereocenters. The molecule has 1 heterocycles. The number of halogens is 2. The zero-order chi connectivity index (χ0) is 14.7. The fourth-order valence-corrected chi connectivity index (χ4v) is 2.18. The number of carbonyl (C=O) groups excluding carboxylic acids is 1. The number of nitrogens with zero attached hydrogens (tertiary/aromatic N) is 2. The van der Waals surface area contributed by atoms with E-state index in [9.17, 15) is 9.18 Å². The van der Waals surface area contributed by atoms with Gasteiger partial charge in [-0.3, -0.25) is 4.79 Å². The average Bonchev–Trinajstić information content (AvgIpc) is 2.75. The molecular formula is C13H15ClFN3O2. The second kappa shape index (κ2) is 6.09. The van der Waals surface area contributed by atoms with Gasteiger partial charge >= 0.3 is 0 Å². The highest BCUT2D eigenvalue weighted by Crippen LogP contribution is 2.25. The van der Waals surface area contributed by atoms with Crippen LogP contribution in [0.15, 0.2) is 12.1 Å². The Morgan fingerprint density at radius 2 is 2.30 bits per heavy atom. The van der Waals surface area contributed by atoms with Crippen LogP contribution in [-0.4, -0.2) is 35.5 Å². The number of ether oxygens (including phenoxy) is 1. The number of amides is 1. The quantitative estimate of drug-likeness (QED) is 0.855. The largest absolute Gasteiger partial charge is 0.494 e. The smallest absolute Gasteiger partial charge is 0.239 e. The van der Waals surface area contributed by atoms with Gasteiger partial charge in [0.15, 0.2) is 11.6 Å². The highest BCUT2D eigenvalue weighted by molar-refractivity contribution is 6.17. The predicted molar refractivity (Wildman–Crippen MR) is 74.7 cm³/mol. The summed E-state index contributed by atoms with van der Waals surface area (Å²) >= 11 is 5.74. The standard InChI is InChI=1S/C13H15ClFN3O2/c1-16-13(19)7-18-10-6-11(20-2)8(15)5-9(10)17-12(18)3-4-14/h5-6H,3-4,7H2,1-2H3,(H,16,19). The summed E-state index contributed by atoms with van der Waals surface area (Å²) in [7, 11) is 2.95. The van der Waals surface area contributed by atoms with Crippen LogP contribution in [0.4, 0.5) is 4.39 Å². The first-order valence-electron chi connectivity index (χ1n) is 6.10. The van der Waals surface area contributed by atoms with Crippen molar-refractivity contribution >= 4 is 28.5 Å². The van der Waals surface area contributed by atoms with Crippen molar-refractivity contribution in [3.8, 4) is 5.75 Å². The van der Waals surface area contributed by atoms with Crippen molar-refractivity contribution in [3.63, 3.8) is 0 Å². The van der Waals surface area contributed by atoms with Gasteiger partial charge in [-0.2, -0.15) is 0 Å². The van der Waals surface area contributed by atoms with E-state index in [-0.39, 0.29) is 18.2 Å². The van der Waals surface area contributed by atoms with Crippen molar-refractivity contribution < 1.29 is 13.9 Å². The van der Waals surface area contributed by atoms with Crippen LogP contribution in [0.3, 0.4) is 0 Å². The van der Waals surface area contributed by atoms with E-state index in [0.717, 1.165) is 0 Å². The molecule has 0 atom stereocenters. The molecule has 1 aromatic heterocycles. The summed E-state index contributed by atoms with van der Waals surface area (Å²) in [6.45, 7) is 0.105. The predicted octanol–water partition coefficient (Wildman–Crippen LogP) is 1.71. The number of aryl methyl sites for hydroxylation is 1. The van der Waals surface area contributed by atoms with Crippen LogP contribution in [0, 0.1) is 5.82 Å². The molecule has 0 saturated carbocycles. The summed E-state index contributed by atoms with van der Waals surface area (Å²) in [4.78, 5) is 15.9. The number of aromatic nitrogens is 2. The minimum Gasteiger partial charge on any atom is -0.494 e. The molecule has 1 N–H and O–H groups in total. The molecule has 0 spiro atoms. The fraction of sp³-hybridized carbons (Fsp3) is 0.385. The number of carbonyl (C=O) groups is 1. The normalized spacial score (nSPS) is 10.8. The maximum Gasteiger partial charge on any atom is 0.239 e. The number of rotatable bonds is 5. The lowest BCUT2D eigenvalue weighted by Crippen LogP contribution is -2.24. The molecule has 5 nitrogen and oxygen atoms in total. The van der Waals surface area contributed by atoms with Crippen LogP contribution in [0.2, 0.25) is 0 Å². The van der Waals surface area contributed by atoms with E-state index < -0.39 is 5.82 Å². The van der Waals surface area contributed by atoms with E-state index in [2.05, 4.69) is 10.3 Å². The third kappa shape index (κ3) is 2.70. The minimum absolute atomic E-state index is 0.105. The van der Waals surface area contributed by atoms with Gasteiger partial charge in [0.2, 0.25) is 5.91 Å². The highest BCUT2D eigenvalue weighted by Gasteiger charge is 2.16. The third-order valence-electron chi connectivity index (χ3n) is 3.00. The van der Waals surface area contributed by atoms with Crippen molar-refractivity contribution in [2.24, 2.45) is 0 Å². The molecular weight excluding hydrogens is 285 g/mol. The lowest BCUT2D eigenvalue weighted by atomic mass is 10.3. The Labute approximate surface area is 120 Å². The Hall–Kier alpha value is -1.82. The molecule has 0 radical (unpaired) electrons. The Morgan fingerprint density at radius 3 is 2.90 bits per heavy atom. The van der Waals surface area contributed by atoms with E-state index in [1.165, 1.54) is 13.2 Å². The van der Waals surface area contributed by atoms with Crippen molar-refractivity contribution in [1.82, 2.24) is 14.9 Å². The summed E-state index contributed by atoms with van der Waals surface area (Å²) in [5.74, 6) is 0.487.